The Balaban J connectivity index is 1.34. The molecule has 0 aliphatic heterocycles. The Morgan fingerprint density at radius 1 is 0.383 bits per heavy atom. The molecule has 0 saturated carbocycles. The van der Waals surface area contributed by atoms with Gasteiger partial charge >= 0.3 is 0 Å². The number of rotatable bonds is 2. The van der Waals surface area contributed by atoms with E-state index in [0.717, 1.165) is 28.0 Å². The molecule has 0 N–H and O–H groups in total. The molecule has 1 aromatic heterocycles. The zero-order valence-corrected chi connectivity index (χ0v) is 25.4. The Bertz CT molecular complexity index is 2790. The van der Waals surface area contributed by atoms with Crippen LogP contribution < -0.4 is 0 Å². The summed E-state index contributed by atoms with van der Waals surface area (Å²) in [5.41, 5.74) is 13.5. The van der Waals surface area contributed by atoms with Crippen LogP contribution >= 0.6 is 0 Å². The normalized spacial score (nSPS) is 14.2. The molecule has 11 rings (SSSR count). The van der Waals surface area contributed by atoms with Gasteiger partial charge in [-0.1, -0.05) is 140 Å². The molecule has 2 nitrogen and oxygen atoms in total. The van der Waals surface area contributed by atoms with E-state index in [4.69, 9.17) is 9.97 Å². The van der Waals surface area contributed by atoms with Crippen LogP contribution in [0, 0.1) is 0 Å². The average Bonchev–Trinajstić information content (AvgIpc) is 3.66. The van der Waals surface area contributed by atoms with Gasteiger partial charge in [0.1, 0.15) is 5.82 Å². The molecule has 0 saturated heterocycles. The van der Waals surface area contributed by atoms with Crippen molar-refractivity contribution < 1.29 is 0 Å². The van der Waals surface area contributed by atoms with Crippen LogP contribution in [-0.4, -0.2) is 9.97 Å². The topological polar surface area (TPSA) is 25.8 Å². The Labute approximate surface area is 271 Å². The highest BCUT2D eigenvalue weighted by molar-refractivity contribution is 6.23. The molecule has 216 valence electrons. The third-order valence-corrected chi connectivity index (χ3v) is 10.5. The second-order valence-electron chi connectivity index (χ2n) is 12.8. The highest BCUT2D eigenvalue weighted by atomic mass is 14.9. The van der Waals surface area contributed by atoms with E-state index in [-0.39, 0.29) is 5.92 Å². The van der Waals surface area contributed by atoms with E-state index in [2.05, 4.69) is 152 Å². The molecule has 1 atom stereocenters. The first-order chi connectivity index (χ1) is 23.3. The molecule has 2 heteroatoms. The Hall–Kier alpha value is -6.12. The van der Waals surface area contributed by atoms with Crippen LogP contribution in [-0.2, 0) is 0 Å². The van der Waals surface area contributed by atoms with Gasteiger partial charge in [0, 0.05) is 10.9 Å². The van der Waals surface area contributed by atoms with Crippen molar-refractivity contribution in [2.45, 2.75) is 5.92 Å². The first kappa shape index (κ1) is 25.1. The van der Waals surface area contributed by atoms with Gasteiger partial charge in [0.05, 0.1) is 17.1 Å². The lowest BCUT2D eigenvalue weighted by atomic mass is 9.87. The van der Waals surface area contributed by atoms with Crippen molar-refractivity contribution in [3.8, 4) is 44.6 Å². The van der Waals surface area contributed by atoms with Gasteiger partial charge in [-0.15, -0.1) is 0 Å². The average molecular weight is 595 g/mol. The van der Waals surface area contributed by atoms with Gasteiger partial charge in [-0.25, -0.2) is 9.97 Å². The quantitative estimate of drug-likeness (QED) is 0.186. The van der Waals surface area contributed by atoms with Gasteiger partial charge < -0.3 is 0 Å². The van der Waals surface area contributed by atoms with Gasteiger partial charge in [-0.3, -0.25) is 0 Å². The van der Waals surface area contributed by atoms with Crippen LogP contribution in [0.1, 0.15) is 22.9 Å². The largest absolute Gasteiger partial charge is 0.232 e. The summed E-state index contributed by atoms with van der Waals surface area (Å²) in [6, 6.07) is 55.0. The SMILES string of the molecule is c1ccc(-c2nc(C3c4c(cc5c6c(cccc46)-c4ccccc4-5)-c4c3c3ccccc3c3ccccc43)nc3ccccc23)cc1. The van der Waals surface area contributed by atoms with Crippen LogP contribution in [0.5, 0.6) is 0 Å². The third-order valence-electron chi connectivity index (χ3n) is 10.5. The number of hydrogen-bond acceptors (Lipinski definition) is 2. The molecule has 8 aromatic carbocycles. The second-order valence-corrected chi connectivity index (χ2v) is 12.8. The fourth-order valence-electron chi connectivity index (χ4n) is 8.61. The molecule has 2 aliphatic carbocycles. The van der Waals surface area contributed by atoms with E-state index in [1.165, 1.54) is 76.8 Å². The molecule has 0 fully saturated rings. The standard InChI is InChI=1S/C45H26N2/c1-2-13-26(14-3-1)44-34-21-10-11-24-38(34)46-45(47-44)43-41-35-23-12-22-31-29-17-4-5-18-30(29)36(39(31)35)25-37(41)40-32-19-8-6-15-27(32)28-16-7-9-20-33(28)42(40)43/h1-25,43H. The van der Waals surface area contributed by atoms with E-state index in [1.807, 2.05) is 0 Å². The molecule has 0 spiro atoms. The third kappa shape index (κ3) is 3.29. The number of aromatic nitrogens is 2. The fourth-order valence-corrected chi connectivity index (χ4v) is 8.61. The molecular formula is C45H26N2. The molecule has 9 aromatic rings. The van der Waals surface area contributed by atoms with Crippen LogP contribution in [0.25, 0.3) is 87.9 Å². The summed E-state index contributed by atoms with van der Waals surface area (Å²) in [4.78, 5) is 11.0. The van der Waals surface area contributed by atoms with Gasteiger partial charge in [0.25, 0.3) is 0 Å². The van der Waals surface area contributed by atoms with E-state index in [9.17, 15) is 0 Å². The molecule has 0 bridgehead atoms. The van der Waals surface area contributed by atoms with Gasteiger partial charge in [-0.2, -0.15) is 0 Å². The minimum absolute atomic E-state index is 0.144. The summed E-state index contributed by atoms with van der Waals surface area (Å²) in [5, 5.41) is 8.79. The van der Waals surface area contributed by atoms with Crippen molar-refractivity contribution in [2.75, 3.05) is 0 Å². The highest BCUT2D eigenvalue weighted by Gasteiger charge is 2.39. The second kappa shape index (κ2) is 9.22. The van der Waals surface area contributed by atoms with Crippen molar-refractivity contribution >= 4 is 43.2 Å². The summed E-state index contributed by atoms with van der Waals surface area (Å²) in [6.07, 6.45) is 0. The Morgan fingerprint density at radius 2 is 0.979 bits per heavy atom. The Morgan fingerprint density at radius 3 is 1.79 bits per heavy atom. The lowest BCUT2D eigenvalue weighted by Crippen LogP contribution is -2.08. The van der Waals surface area contributed by atoms with Gasteiger partial charge in [0.15, 0.2) is 0 Å². The summed E-state index contributed by atoms with van der Waals surface area (Å²) in [6.45, 7) is 0. The predicted molar refractivity (Wildman–Crippen MR) is 195 cm³/mol. The molecule has 0 radical (unpaired) electrons. The highest BCUT2D eigenvalue weighted by Crippen LogP contribution is 2.59. The molecule has 2 aliphatic rings. The summed E-state index contributed by atoms with van der Waals surface area (Å²) in [7, 11) is 0. The van der Waals surface area contributed by atoms with E-state index >= 15 is 0 Å². The van der Waals surface area contributed by atoms with Crippen LogP contribution in [0.15, 0.2) is 152 Å². The number of hydrogen-bond donors (Lipinski definition) is 0. The fraction of sp³-hybridized carbons (Fsp3) is 0.0222. The predicted octanol–water partition coefficient (Wildman–Crippen LogP) is 11.6. The molecule has 0 amide bonds. The minimum atomic E-state index is -0.144. The summed E-state index contributed by atoms with van der Waals surface area (Å²) < 4.78 is 0. The monoisotopic (exact) mass is 594 g/mol. The minimum Gasteiger partial charge on any atom is -0.232 e. The number of nitrogens with zero attached hydrogens (tertiary/aromatic N) is 2. The van der Waals surface area contributed by atoms with E-state index in [1.54, 1.807) is 0 Å². The number of para-hydroxylation sites is 1. The van der Waals surface area contributed by atoms with Gasteiger partial charge in [-0.05, 0) is 89.0 Å². The van der Waals surface area contributed by atoms with Crippen LogP contribution in [0.3, 0.4) is 0 Å². The zero-order valence-electron chi connectivity index (χ0n) is 25.4. The first-order valence-electron chi connectivity index (χ1n) is 16.3. The molecule has 1 heterocycles. The van der Waals surface area contributed by atoms with Crippen molar-refractivity contribution in [1.29, 1.82) is 0 Å². The summed E-state index contributed by atoms with van der Waals surface area (Å²) >= 11 is 0. The smallest absolute Gasteiger partial charge is 0.141 e. The van der Waals surface area contributed by atoms with Crippen molar-refractivity contribution in [2.24, 2.45) is 0 Å². The van der Waals surface area contributed by atoms with Crippen LogP contribution in [0.2, 0.25) is 0 Å². The molecular weight excluding hydrogens is 569 g/mol. The molecule has 1 unspecified atom stereocenters. The van der Waals surface area contributed by atoms with Crippen molar-refractivity contribution in [3.63, 3.8) is 0 Å². The zero-order chi connectivity index (χ0) is 30.6. The van der Waals surface area contributed by atoms with Crippen molar-refractivity contribution in [1.82, 2.24) is 9.97 Å². The van der Waals surface area contributed by atoms with E-state index < -0.39 is 0 Å². The maximum atomic E-state index is 5.53. The van der Waals surface area contributed by atoms with Crippen molar-refractivity contribution in [3.05, 3.63) is 169 Å². The van der Waals surface area contributed by atoms with Crippen LogP contribution in [0.4, 0.5) is 0 Å². The number of fused-ring (bicyclic) bond motifs is 13. The first-order valence-corrected chi connectivity index (χ1v) is 16.3. The maximum absolute atomic E-state index is 5.53. The lowest BCUT2D eigenvalue weighted by Gasteiger charge is -2.19. The van der Waals surface area contributed by atoms with E-state index in [0.29, 0.717) is 0 Å². The summed E-state index contributed by atoms with van der Waals surface area (Å²) in [5.74, 6) is 0.703. The lowest BCUT2D eigenvalue weighted by molar-refractivity contribution is 0.903. The number of benzene rings is 8. The molecule has 47 heavy (non-hydrogen) atoms. The van der Waals surface area contributed by atoms with Gasteiger partial charge in [0.2, 0.25) is 0 Å². The Kier molecular flexibility index (Phi) is 4.92. The maximum Gasteiger partial charge on any atom is 0.141 e.